The molecule has 3 aromatic carbocycles. The van der Waals surface area contributed by atoms with Gasteiger partial charge in [-0.15, -0.1) is 11.6 Å². The van der Waals surface area contributed by atoms with E-state index in [1.54, 1.807) is 72.8 Å². The number of ether oxygens (including phenoxy) is 4. The Hall–Kier alpha value is -3.51. The van der Waals surface area contributed by atoms with Crippen molar-refractivity contribution in [2.45, 2.75) is 90.4 Å². The summed E-state index contributed by atoms with van der Waals surface area (Å²) in [4.78, 5) is 25.2. The summed E-state index contributed by atoms with van der Waals surface area (Å²) < 4.78 is 22.5. The molecule has 0 radical (unpaired) electrons. The van der Waals surface area contributed by atoms with Crippen molar-refractivity contribution in [1.82, 2.24) is 0 Å². The first-order valence-corrected chi connectivity index (χ1v) is 16.7. The van der Waals surface area contributed by atoms with Crippen LogP contribution in [0.5, 0.6) is 23.0 Å². The van der Waals surface area contributed by atoms with Gasteiger partial charge in [0.15, 0.2) is 0 Å². The predicted molar refractivity (Wildman–Crippen MR) is 177 cm³/mol. The molecule has 0 amide bonds. The van der Waals surface area contributed by atoms with E-state index >= 15 is 0 Å². The van der Waals surface area contributed by atoms with Gasteiger partial charge in [0.2, 0.25) is 0 Å². The van der Waals surface area contributed by atoms with E-state index in [9.17, 15) is 9.59 Å². The average Bonchev–Trinajstić information content (AvgIpc) is 3.05. The molecule has 0 heterocycles. The van der Waals surface area contributed by atoms with Gasteiger partial charge in [-0.25, -0.2) is 9.59 Å². The summed E-state index contributed by atoms with van der Waals surface area (Å²) in [5.41, 5.74) is 0.845. The molecule has 0 bridgehead atoms. The third kappa shape index (κ3) is 13.9. The Kier molecular flexibility index (Phi) is 16.9. The second kappa shape index (κ2) is 21.2. The second-order valence-corrected chi connectivity index (χ2v) is 11.3. The zero-order valence-electron chi connectivity index (χ0n) is 26.1. The molecule has 44 heavy (non-hydrogen) atoms. The fourth-order valence-electron chi connectivity index (χ4n) is 4.63. The summed E-state index contributed by atoms with van der Waals surface area (Å²) >= 11 is 5.70. The van der Waals surface area contributed by atoms with Crippen molar-refractivity contribution in [3.63, 3.8) is 0 Å². The van der Waals surface area contributed by atoms with E-state index in [1.807, 2.05) is 0 Å². The van der Waals surface area contributed by atoms with Gasteiger partial charge < -0.3 is 18.9 Å². The number of esters is 2. The SMILES string of the molecule is CCCCCCCCOc1ccc(C(=O)Oc2ccc(OC(=O)c3ccc(OCCCCCCCCCCl)cc3)cc2)cc1. The van der Waals surface area contributed by atoms with Gasteiger partial charge in [0.25, 0.3) is 0 Å². The lowest BCUT2D eigenvalue weighted by molar-refractivity contribution is 0.0719. The number of alkyl halides is 1. The number of unbranched alkanes of at least 4 members (excludes halogenated alkanes) is 11. The highest BCUT2D eigenvalue weighted by Crippen LogP contribution is 2.22. The Balaban J connectivity index is 1.34. The van der Waals surface area contributed by atoms with Gasteiger partial charge >= 0.3 is 11.9 Å². The molecule has 6 nitrogen and oxygen atoms in total. The molecule has 238 valence electrons. The largest absolute Gasteiger partial charge is 0.494 e. The van der Waals surface area contributed by atoms with Crippen molar-refractivity contribution in [1.29, 1.82) is 0 Å². The molecule has 0 spiro atoms. The first-order valence-electron chi connectivity index (χ1n) is 16.1. The molecule has 0 saturated heterocycles. The predicted octanol–water partition coefficient (Wildman–Crippen LogP) is 10.2. The van der Waals surface area contributed by atoms with E-state index in [1.165, 1.54) is 57.8 Å². The van der Waals surface area contributed by atoms with Crippen LogP contribution in [0, 0.1) is 0 Å². The van der Waals surface area contributed by atoms with Gasteiger partial charge in [0.1, 0.15) is 23.0 Å². The number of carbonyl (C=O) groups excluding carboxylic acids is 2. The van der Waals surface area contributed by atoms with Crippen LogP contribution in [0.15, 0.2) is 72.8 Å². The first kappa shape index (κ1) is 35.0. The standard InChI is InChI=1S/C37H47ClO6/c1-2-3-4-5-10-13-28-41-32-19-15-30(16-20-32)36(39)43-34-23-25-35(26-24-34)44-37(40)31-17-21-33(22-18-31)42-29-14-11-8-6-7-9-12-27-38/h15-26H,2-14,27-29H2,1H3. The average molecular weight is 623 g/mol. The van der Waals surface area contributed by atoms with Crippen LogP contribution in [-0.4, -0.2) is 31.0 Å². The number of hydrogen-bond donors (Lipinski definition) is 0. The number of halogens is 1. The topological polar surface area (TPSA) is 71.1 Å². The number of rotatable bonds is 22. The van der Waals surface area contributed by atoms with Crippen molar-refractivity contribution in [2.75, 3.05) is 19.1 Å². The van der Waals surface area contributed by atoms with Crippen LogP contribution in [0.4, 0.5) is 0 Å². The van der Waals surface area contributed by atoms with Crippen molar-refractivity contribution in [3.8, 4) is 23.0 Å². The smallest absolute Gasteiger partial charge is 0.343 e. The van der Waals surface area contributed by atoms with E-state index in [-0.39, 0.29) is 0 Å². The van der Waals surface area contributed by atoms with Gasteiger partial charge in [0.05, 0.1) is 24.3 Å². The molecule has 7 heteroatoms. The second-order valence-electron chi connectivity index (χ2n) is 10.9. The van der Waals surface area contributed by atoms with E-state index in [4.69, 9.17) is 30.5 Å². The summed E-state index contributed by atoms with van der Waals surface area (Å²) in [6, 6.07) is 20.3. The van der Waals surface area contributed by atoms with E-state index in [2.05, 4.69) is 6.92 Å². The minimum atomic E-state index is -0.478. The molecule has 0 atom stereocenters. The molecular weight excluding hydrogens is 576 g/mol. The minimum Gasteiger partial charge on any atom is -0.494 e. The van der Waals surface area contributed by atoms with Crippen LogP contribution in [0.1, 0.15) is 111 Å². The fraction of sp³-hybridized carbons (Fsp3) is 0.459. The molecule has 3 aromatic rings. The monoisotopic (exact) mass is 622 g/mol. The van der Waals surface area contributed by atoms with Gasteiger partial charge in [-0.2, -0.15) is 0 Å². The maximum Gasteiger partial charge on any atom is 0.343 e. The van der Waals surface area contributed by atoms with Gasteiger partial charge in [-0.3, -0.25) is 0 Å². The summed E-state index contributed by atoms with van der Waals surface area (Å²) in [7, 11) is 0. The maximum atomic E-state index is 12.6. The lowest BCUT2D eigenvalue weighted by Gasteiger charge is -2.09. The van der Waals surface area contributed by atoms with E-state index < -0.39 is 11.9 Å². The highest BCUT2D eigenvalue weighted by Gasteiger charge is 2.12. The summed E-state index contributed by atoms with van der Waals surface area (Å²) in [5.74, 6) is 1.97. The highest BCUT2D eigenvalue weighted by molar-refractivity contribution is 6.17. The fourth-order valence-corrected chi connectivity index (χ4v) is 4.81. The van der Waals surface area contributed by atoms with Crippen LogP contribution < -0.4 is 18.9 Å². The third-order valence-electron chi connectivity index (χ3n) is 7.24. The lowest BCUT2D eigenvalue weighted by Crippen LogP contribution is -2.09. The number of benzene rings is 3. The molecule has 0 aliphatic carbocycles. The number of hydrogen-bond acceptors (Lipinski definition) is 6. The van der Waals surface area contributed by atoms with Crippen LogP contribution in [0.25, 0.3) is 0 Å². The van der Waals surface area contributed by atoms with Crippen LogP contribution in [-0.2, 0) is 0 Å². The van der Waals surface area contributed by atoms with Gasteiger partial charge in [-0.05, 0) is 92.1 Å². The molecule has 0 saturated carbocycles. The van der Waals surface area contributed by atoms with Crippen molar-refractivity contribution in [2.24, 2.45) is 0 Å². The maximum absolute atomic E-state index is 12.6. The molecule has 0 aliphatic rings. The van der Waals surface area contributed by atoms with E-state index in [0.717, 1.165) is 43.1 Å². The van der Waals surface area contributed by atoms with Crippen molar-refractivity contribution in [3.05, 3.63) is 83.9 Å². The first-order chi connectivity index (χ1) is 21.6. The van der Waals surface area contributed by atoms with Gasteiger partial charge in [0, 0.05) is 5.88 Å². The molecule has 0 unspecified atom stereocenters. The third-order valence-corrected chi connectivity index (χ3v) is 7.51. The Bertz CT molecular complexity index is 1210. The van der Waals surface area contributed by atoms with Gasteiger partial charge in [-0.1, -0.05) is 71.1 Å². The van der Waals surface area contributed by atoms with Crippen LogP contribution in [0.2, 0.25) is 0 Å². The van der Waals surface area contributed by atoms with Crippen molar-refractivity contribution < 1.29 is 28.5 Å². The zero-order chi connectivity index (χ0) is 31.2. The molecule has 3 rings (SSSR count). The summed E-state index contributed by atoms with van der Waals surface area (Å²) in [5, 5.41) is 0. The Morgan fingerprint density at radius 3 is 1.20 bits per heavy atom. The van der Waals surface area contributed by atoms with Crippen LogP contribution >= 0.6 is 11.6 Å². The van der Waals surface area contributed by atoms with Crippen LogP contribution in [0.3, 0.4) is 0 Å². The zero-order valence-corrected chi connectivity index (χ0v) is 26.8. The summed E-state index contributed by atoms with van der Waals surface area (Å²) in [6.07, 6.45) is 15.4. The molecule has 0 aromatic heterocycles. The van der Waals surface area contributed by atoms with Crippen molar-refractivity contribution >= 4 is 23.5 Å². The molecular formula is C37H47ClO6. The molecule has 0 fully saturated rings. The molecule has 0 N–H and O–H groups in total. The lowest BCUT2D eigenvalue weighted by atomic mass is 10.1. The quantitative estimate of drug-likeness (QED) is 0.0480. The molecule has 0 aliphatic heterocycles. The van der Waals surface area contributed by atoms with E-state index in [0.29, 0.717) is 35.8 Å². The summed E-state index contributed by atoms with van der Waals surface area (Å²) in [6.45, 7) is 3.54. The Morgan fingerprint density at radius 1 is 0.477 bits per heavy atom. The highest BCUT2D eigenvalue weighted by atomic mass is 35.5. The minimum absolute atomic E-state index is 0.352. The Labute approximate surface area is 268 Å². The number of carbonyl (C=O) groups is 2. The normalized spacial score (nSPS) is 10.8. The Morgan fingerprint density at radius 2 is 0.818 bits per heavy atom.